The van der Waals surface area contributed by atoms with E-state index in [1.165, 1.54) is 18.9 Å². The Hall–Kier alpha value is -1.79. The molecule has 1 aromatic heterocycles. The van der Waals surface area contributed by atoms with E-state index in [4.69, 9.17) is 4.74 Å². The zero-order chi connectivity index (χ0) is 16.8. The van der Waals surface area contributed by atoms with Gasteiger partial charge in [0.2, 0.25) is 0 Å². The fraction of sp³-hybridized carbons (Fsp3) is 0.294. The zero-order valence-corrected chi connectivity index (χ0v) is 14.9. The molecule has 0 aliphatic carbocycles. The molecule has 0 radical (unpaired) electrons. The van der Waals surface area contributed by atoms with E-state index < -0.39 is 0 Å². The topological polar surface area (TPSA) is 55.4 Å². The van der Waals surface area contributed by atoms with Crippen LogP contribution in [0.4, 0.5) is 0 Å². The van der Waals surface area contributed by atoms with Crippen LogP contribution in [0, 0.1) is 0 Å². The summed E-state index contributed by atoms with van der Waals surface area (Å²) >= 11 is 2.93. The summed E-state index contributed by atoms with van der Waals surface area (Å²) in [5.41, 5.74) is 0.566. The van der Waals surface area contributed by atoms with Crippen molar-refractivity contribution in [1.29, 1.82) is 0 Å². The maximum Gasteiger partial charge on any atom is 0.318 e. The van der Waals surface area contributed by atoms with Crippen molar-refractivity contribution in [2.45, 2.75) is 30.0 Å². The summed E-state index contributed by atoms with van der Waals surface area (Å²) in [6, 6.07) is 11.2. The number of benzene rings is 1. The molecular formula is C17H19NO3S2. The van der Waals surface area contributed by atoms with Crippen LogP contribution in [0.25, 0.3) is 0 Å². The summed E-state index contributed by atoms with van der Waals surface area (Å²) in [7, 11) is 1.36. The van der Waals surface area contributed by atoms with Crippen molar-refractivity contribution in [2.75, 3.05) is 7.11 Å². The second-order valence-electron chi connectivity index (χ2n) is 4.99. The number of carbonyl (C=O) groups excluding carboxylic acids is 2. The van der Waals surface area contributed by atoms with Gasteiger partial charge in [0.25, 0.3) is 5.91 Å². The average Bonchev–Trinajstić information content (AvgIpc) is 3.09. The first-order valence-corrected chi connectivity index (χ1v) is 8.96. The quantitative estimate of drug-likeness (QED) is 0.635. The van der Waals surface area contributed by atoms with Gasteiger partial charge in [-0.15, -0.1) is 23.1 Å². The number of amides is 1. The van der Waals surface area contributed by atoms with E-state index in [0.717, 1.165) is 9.77 Å². The molecule has 1 heterocycles. The van der Waals surface area contributed by atoms with Crippen LogP contribution in [-0.2, 0) is 9.53 Å². The molecule has 0 unspecified atom stereocenters. The number of thioether (sulfide) groups is 1. The number of carbonyl (C=O) groups is 2. The molecule has 122 valence electrons. The van der Waals surface area contributed by atoms with Crippen molar-refractivity contribution in [2.24, 2.45) is 0 Å². The van der Waals surface area contributed by atoms with E-state index >= 15 is 0 Å². The standard InChI is InChI=1S/C17H19NO3S2/c1-11(14-9-6-10-22-14)18-16(19)13-7-4-5-8-15(13)23-12(2)17(20)21-3/h4-12H,1-3H3,(H,18,19)/t11-,12+/m0/s1. The fourth-order valence-corrected chi connectivity index (χ4v) is 3.80. The molecule has 0 aliphatic heterocycles. The molecule has 0 saturated heterocycles. The van der Waals surface area contributed by atoms with Gasteiger partial charge in [-0.3, -0.25) is 9.59 Å². The average molecular weight is 349 g/mol. The van der Waals surface area contributed by atoms with E-state index in [-0.39, 0.29) is 23.2 Å². The molecule has 1 amide bonds. The van der Waals surface area contributed by atoms with Gasteiger partial charge in [-0.05, 0) is 37.4 Å². The highest BCUT2D eigenvalue weighted by atomic mass is 32.2. The van der Waals surface area contributed by atoms with E-state index in [9.17, 15) is 9.59 Å². The Morgan fingerprint density at radius 1 is 1.17 bits per heavy atom. The predicted molar refractivity (Wildman–Crippen MR) is 94.0 cm³/mol. The Morgan fingerprint density at radius 2 is 1.91 bits per heavy atom. The minimum Gasteiger partial charge on any atom is -0.468 e. The largest absolute Gasteiger partial charge is 0.468 e. The highest BCUT2D eigenvalue weighted by molar-refractivity contribution is 8.00. The van der Waals surface area contributed by atoms with Gasteiger partial charge in [0.1, 0.15) is 5.25 Å². The van der Waals surface area contributed by atoms with Crippen LogP contribution in [0.15, 0.2) is 46.7 Å². The van der Waals surface area contributed by atoms with E-state index in [2.05, 4.69) is 5.32 Å². The van der Waals surface area contributed by atoms with Crippen LogP contribution < -0.4 is 5.32 Å². The van der Waals surface area contributed by atoms with Crippen molar-refractivity contribution in [3.05, 3.63) is 52.2 Å². The number of methoxy groups -OCH3 is 1. The highest BCUT2D eigenvalue weighted by Crippen LogP contribution is 2.28. The summed E-state index contributed by atoms with van der Waals surface area (Å²) in [5.74, 6) is -0.455. The molecule has 23 heavy (non-hydrogen) atoms. The molecule has 0 bridgehead atoms. The first-order valence-electron chi connectivity index (χ1n) is 7.20. The third kappa shape index (κ3) is 4.59. The molecule has 1 aromatic carbocycles. The third-order valence-electron chi connectivity index (χ3n) is 3.29. The lowest BCUT2D eigenvalue weighted by molar-refractivity contribution is -0.139. The van der Waals surface area contributed by atoms with E-state index in [0.29, 0.717) is 5.56 Å². The molecule has 2 atom stereocenters. The summed E-state index contributed by atoms with van der Waals surface area (Å²) < 4.78 is 4.74. The van der Waals surface area contributed by atoms with Gasteiger partial charge in [-0.25, -0.2) is 0 Å². The van der Waals surface area contributed by atoms with E-state index in [1.807, 2.05) is 42.6 Å². The number of hydrogen-bond acceptors (Lipinski definition) is 5. The minimum atomic E-state index is -0.372. The molecular weight excluding hydrogens is 330 g/mol. The van der Waals surface area contributed by atoms with Gasteiger partial charge in [-0.1, -0.05) is 18.2 Å². The smallest absolute Gasteiger partial charge is 0.318 e. The molecule has 2 rings (SSSR count). The van der Waals surface area contributed by atoms with Crippen LogP contribution in [0.2, 0.25) is 0 Å². The molecule has 0 fully saturated rings. The number of rotatable bonds is 6. The zero-order valence-electron chi connectivity index (χ0n) is 13.2. The monoisotopic (exact) mass is 349 g/mol. The number of hydrogen-bond donors (Lipinski definition) is 1. The fourth-order valence-electron chi connectivity index (χ4n) is 2.04. The lowest BCUT2D eigenvalue weighted by Crippen LogP contribution is -2.27. The normalized spacial score (nSPS) is 13.2. The van der Waals surface area contributed by atoms with Crippen LogP contribution in [0.5, 0.6) is 0 Å². The Balaban J connectivity index is 2.12. The number of ether oxygens (including phenoxy) is 1. The van der Waals surface area contributed by atoms with Crippen molar-refractivity contribution in [1.82, 2.24) is 5.32 Å². The molecule has 0 aliphatic rings. The van der Waals surface area contributed by atoms with Gasteiger partial charge in [0.15, 0.2) is 0 Å². The number of nitrogens with one attached hydrogen (secondary N) is 1. The van der Waals surface area contributed by atoms with Gasteiger partial charge in [0.05, 0.1) is 18.7 Å². The first kappa shape index (κ1) is 17.6. The Bertz CT molecular complexity index is 670. The molecule has 0 spiro atoms. The van der Waals surface area contributed by atoms with Crippen LogP contribution >= 0.6 is 23.1 Å². The second kappa shape index (κ2) is 8.17. The van der Waals surface area contributed by atoms with Crippen LogP contribution in [0.3, 0.4) is 0 Å². The summed E-state index contributed by atoms with van der Waals surface area (Å²) in [5, 5.41) is 4.61. The lowest BCUT2D eigenvalue weighted by Gasteiger charge is -2.15. The van der Waals surface area contributed by atoms with Crippen molar-refractivity contribution >= 4 is 35.0 Å². The van der Waals surface area contributed by atoms with Crippen LogP contribution in [-0.4, -0.2) is 24.2 Å². The van der Waals surface area contributed by atoms with Crippen molar-refractivity contribution in [3.63, 3.8) is 0 Å². The maximum absolute atomic E-state index is 12.6. The summed E-state index contributed by atoms with van der Waals surface area (Å²) in [6.45, 7) is 3.72. The minimum absolute atomic E-state index is 0.0569. The Labute approximate surface area is 144 Å². The Morgan fingerprint density at radius 3 is 2.57 bits per heavy atom. The van der Waals surface area contributed by atoms with Gasteiger partial charge >= 0.3 is 5.97 Å². The maximum atomic E-state index is 12.6. The molecule has 6 heteroatoms. The van der Waals surface area contributed by atoms with Gasteiger partial charge < -0.3 is 10.1 Å². The number of thiophene rings is 1. The van der Waals surface area contributed by atoms with Crippen LogP contribution in [0.1, 0.15) is 35.1 Å². The molecule has 2 aromatic rings. The Kier molecular flexibility index (Phi) is 6.24. The van der Waals surface area contributed by atoms with Crippen molar-refractivity contribution < 1.29 is 14.3 Å². The highest BCUT2D eigenvalue weighted by Gasteiger charge is 2.20. The predicted octanol–water partition coefficient (Wildman–Crippen LogP) is 3.89. The molecule has 0 saturated carbocycles. The van der Waals surface area contributed by atoms with Gasteiger partial charge in [0, 0.05) is 9.77 Å². The second-order valence-corrected chi connectivity index (χ2v) is 7.35. The summed E-state index contributed by atoms with van der Waals surface area (Å²) in [6.07, 6.45) is 0. The summed E-state index contributed by atoms with van der Waals surface area (Å²) in [4.78, 5) is 26.0. The molecule has 4 nitrogen and oxygen atoms in total. The molecule has 1 N–H and O–H groups in total. The first-order chi connectivity index (χ1) is 11.0. The lowest BCUT2D eigenvalue weighted by atomic mass is 10.2. The van der Waals surface area contributed by atoms with Crippen molar-refractivity contribution in [3.8, 4) is 0 Å². The van der Waals surface area contributed by atoms with Gasteiger partial charge in [-0.2, -0.15) is 0 Å². The number of esters is 1. The SMILES string of the molecule is COC(=O)[C@@H](C)Sc1ccccc1C(=O)N[C@@H](C)c1cccs1. The van der Waals surface area contributed by atoms with E-state index in [1.54, 1.807) is 24.3 Å². The third-order valence-corrected chi connectivity index (χ3v) is 5.50.